The Labute approximate surface area is 104 Å². The quantitative estimate of drug-likeness (QED) is 0.711. The molecule has 1 aliphatic rings. The first-order valence-electron chi connectivity index (χ1n) is 5.61. The molecule has 0 saturated heterocycles. The van der Waals surface area contributed by atoms with Crippen molar-refractivity contribution in [1.29, 1.82) is 0 Å². The Morgan fingerprint density at radius 2 is 2.28 bits per heavy atom. The van der Waals surface area contributed by atoms with Crippen LogP contribution in [0.2, 0.25) is 0 Å². The van der Waals surface area contributed by atoms with E-state index in [9.17, 15) is 9.59 Å². The number of carbonyl (C=O) groups excluding carboxylic acids is 2. The van der Waals surface area contributed by atoms with Gasteiger partial charge in [0.2, 0.25) is 5.91 Å². The van der Waals surface area contributed by atoms with E-state index in [4.69, 9.17) is 10.5 Å². The predicted octanol–water partition coefficient (Wildman–Crippen LogP) is 0.152. The van der Waals surface area contributed by atoms with Crippen LogP contribution < -0.4 is 21.1 Å². The van der Waals surface area contributed by atoms with E-state index < -0.39 is 18.1 Å². The molecule has 0 saturated carbocycles. The second-order valence-corrected chi connectivity index (χ2v) is 4.13. The summed E-state index contributed by atoms with van der Waals surface area (Å²) in [5.41, 5.74) is 6.52. The Bertz CT molecular complexity index is 501. The molecular formula is C12H15N3O3. The maximum Gasteiger partial charge on any atom is 0.265 e. The molecule has 6 nitrogen and oxygen atoms in total. The highest BCUT2D eigenvalue weighted by molar-refractivity contribution is 5.97. The van der Waals surface area contributed by atoms with Gasteiger partial charge in [0, 0.05) is 0 Å². The molecule has 1 heterocycles. The summed E-state index contributed by atoms with van der Waals surface area (Å²) in [4.78, 5) is 22.8. The van der Waals surface area contributed by atoms with Gasteiger partial charge in [0.1, 0.15) is 11.8 Å². The van der Waals surface area contributed by atoms with Crippen LogP contribution in [0.4, 0.5) is 5.69 Å². The van der Waals surface area contributed by atoms with Crippen molar-refractivity contribution in [2.24, 2.45) is 5.73 Å². The predicted molar refractivity (Wildman–Crippen MR) is 66.2 cm³/mol. The number of benzene rings is 1. The Hall–Kier alpha value is -2.08. The molecule has 2 rings (SSSR count). The van der Waals surface area contributed by atoms with Gasteiger partial charge in [-0.25, -0.2) is 0 Å². The standard InChI is InChI=1S/C12H15N3O3/c1-6-12(17)15-8-5-7(3-4-9(8)18-6)10(14-2)11(13)16/h3-6,10,14H,1-2H3,(H2,13,16)(H,15,17). The second kappa shape index (κ2) is 4.66. The summed E-state index contributed by atoms with van der Waals surface area (Å²) < 4.78 is 5.42. The summed E-state index contributed by atoms with van der Waals surface area (Å²) in [6.45, 7) is 1.67. The molecular weight excluding hydrogens is 234 g/mol. The molecule has 1 aliphatic heterocycles. The van der Waals surface area contributed by atoms with E-state index in [1.807, 2.05) is 0 Å². The number of nitrogens with two attached hydrogens (primary N) is 1. The van der Waals surface area contributed by atoms with E-state index in [0.29, 0.717) is 17.0 Å². The number of primary amides is 1. The van der Waals surface area contributed by atoms with Crippen LogP contribution in [0, 0.1) is 0 Å². The van der Waals surface area contributed by atoms with Gasteiger partial charge in [0.05, 0.1) is 5.69 Å². The van der Waals surface area contributed by atoms with Gasteiger partial charge < -0.3 is 21.1 Å². The number of hydrogen-bond acceptors (Lipinski definition) is 4. The number of ether oxygens (including phenoxy) is 1. The summed E-state index contributed by atoms with van der Waals surface area (Å²) >= 11 is 0. The van der Waals surface area contributed by atoms with Crippen LogP contribution in [0.25, 0.3) is 0 Å². The van der Waals surface area contributed by atoms with Gasteiger partial charge in [0.25, 0.3) is 5.91 Å². The summed E-state index contributed by atoms with van der Waals surface area (Å²) in [5.74, 6) is -0.0984. The van der Waals surface area contributed by atoms with Gasteiger partial charge in [-0.3, -0.25) is 9.59 Å². The summed E-state index contributed by atoms with van der Waals surface area (Å²) in [6, 6.07) is 4.56. The van der Waals surface area contributed by atoms with Gasteiger partial charge in [-0.1, -0.05) is 6.07 Å². The monoisotopic (exact) mass is 249 g/mol. The van der Waals surface area contributed by atoms with Crippen molar-refractivity contribution >= 4 is 17.5 Å². The van der Waals surface area contributed by atoms with Crippen molar-refractivity contribution in [3.8, 4) is 5.75 Å². The van der Waals surface area contributed by atoms with E-state index >= 15 is 0 Å². The van der Waals surface area contributed by atoms with Crippen molar-refractivity contribution < 1.29 is 14.3 Å². The Morgan fingerprint density at radius 3 is 2.89 bits per heavy atom. The zero-order valence-electron chi connectivity index (χ0n) is 10.2. The van der Waals surface area contributed by atoms with Crippen LogP contribution in [-0.4, -0.2) is 25.0 Å². The molecule has 0 bridgehead atoms. The third-order valence-corrected chi connectivity index (χ3v) is 2.84. The minimum absolute atomic E-state index is 0.209. The van der Waals surface area contributed by atoms with Crippen molar-refractivity contribution in [2.75, 3.05) is 12.4 Å². The lowest BCUT2D eigenvalue weighted by molar-refractivity contribution is -0.122. The Balaban J connectivity index is 2.35. The molecule has 18 heavy (non-hydrogen) atoms. The average molecular weight is 249 g/mol. The van der Waals surface area contributed by atoms with E-state index in [0.717, 1.165) is 0 Å². The minimum Gasteiger partial charge on any atom is -0.479 e. The molecule has 0 fully saturated rings. The molecule has 96 valence electrons. The summed E-state index contributed by atoms with van der Waals surface area (Å²) in [5, 5.41) is 5.54. The van der Waals surface area contributed by atoms with E-state index in [1.165, 1.54) is 0 Å². The number of amides is 2. The number of anilines is 1. The Morgan fingerprint density at radius 1 is 1.56 bits per heavy atom. The first kappa shape index (κ1) is 12.4. The number of hydrogen-bond donors (Lipinski definition) is 3. The number of nitrogens with one attached hydrogen (secondary N) is 2. The first-order valence-corrected chi connectivity index (χ1v) is 5.61. The fourth-order valence-electron chi connectivity index (χ4n) is 1.88. The van der Waals surface area contributed by atoms with Crippen LogP contribution in [0.1, 0.15) is 18.5 Å². The molecule has 4 N–H and O–H groups in total. The zero-order chi connectivity index (χ0) is 13.3. The molecule has 2 unspecified atom stereocenters. The van der Waals surface area contributed by atoms with Crippen molar-refractivity contribution in [1.82, 2.24) is 5.32 Å². The summed E-state index contributed by atoms with van der Waals surface area (Å²) in [7, 11) is 1.64. The van der Waals surface area contributed by atoms with Crippen LogP contribution in [0.15, 0.2) is 18.2 Å². The lowest BCUT2D eigenvalue weighted by Gasteiger charge is -2.24. The van der Waals surface area contributed by atoms with E-state index in [-0.39, 0.29) is 5.91 Å². The SMILES string of the molecule is CNC(C(N)=O)c1ccc2c(c1)NC(=O)C(C)O2. The second-order valence-electron chi connectivity index (χ2n) is 4.13. The molecule has 2 amide bonds. The lowest BCUT2D eigenvalue weighted by Crippen LogP contribution is -2.35. The third-order valence-electron chi connectivity index (χ3n) is 2.84. The van der Waals surface area contributed by atoms with Gasteiger partial charge in [-0.05, 0) is 31.7 Å². The zero-order valence-corrected chi connectivity index (χ0v) is 10.2. The van der Waals surface area contributed by atoms with Crippen molar-refractivity contribution in [3.05, 3.63) is 23.8 Å². The Kier molecular flexibility index (Phi) is 3.20. The fourth-order valence-corrected chi connectivity index (χ4v) is 1.88. The van der Waals surface area contributed by atoms with Crippen LogP contribution >= 0.6 is 0 Å². The van der Waals surface area contributed by atoms with Gasteiger partial charge >= 0.3 is 0 Å². The largest absolute Gasteiger partial charge is 0.479 e. The van der Waals surface area contributed by atoms with Gasteiger partial charge in [-0.2, -0.15) is 0 Å². The maximum absolute atomic E-state index is 11.5. The molecule has 2 atom stereocenters. The normalized spacial score (nSPS) is 19.4. The molecule has 0 aromatic heterocycles. The highest BCUT2D eigenvalue weighted by Crippen LogP contribution is 2.32. The molecule has 1 aromatic carbocycles. The van der Waals surface area contributed by atoms with Crippen LogP contribution in [0.5, 0.6) is 5.75 Å². The van der Waals surface area contributed by atoms with E-state index in [2.05, 4.69) is 10.6 Å². The topological polar surface area (TPSA) is 93.5 Å². The first-order chi connectivity index (χ1) is 8.52. The molecule has 6 heteroatoms. The molecule has 0 spiro atoms. The number of likely N-dealkylation sites (N-methyl/N-ethyl adjacent to an activating group) is 1. The molecule has 1 aromatic rings. The molecule has 0 aliphatic carbocycles. The average Bonchev–Trinajstić information content (AvgIpc) is 2.31. The number of rotatable bonds is 3. The van der Waals surface area contributed by atoms with Crippen LogP contribution in [-0.2, 0) is 9.59 Å². The number of carbonyl (C=O) groups is 2. The van der Waals surface area contributed by atoms with Crippen molar-refractivity contribution in [3.63, 3.8) is 0 Å². The number of fused-ring (bicyclic) bond motifs is 1. The smallest absolute Gasteiger partial charge is 0.265 e. The van der Waals surface area contributed by atoms with Crippen LogP contribution in [0.3, 0.4) is 0 Å². The van der Waals surface area contributed by atoms with Crippen molar-refractivity contribution in [2.45, 2.75) is 19.1 Å². The third kappa shape index (κ3) is 2.14. The minimum atomic E-state index is -0.591. The lowest BCUT2D eigenvalue weighted by atomic mass is 10.0. The fraction of sp³-hybridized carbons (Fsp3) is 0.333. The van der Waals surface area contributed by atoms with E-state index in [1.54, 1.807) is 32.2 Å². The maximum atomic E-state index is 11.5. The molecule has 0 radical (unpaired) electrons. The van der Waals surface area contributed by atoms with Gasteiger partial charge in [-0.15, -0.1) is 0 Å². The van der Waals surface area contributed by atoms with Gasteiger partial charge in [0.15, 0.2) is 6.10 Å². The summed E-state index contributed by atoms with van der Waals surface area (Å²) in [6.07, 6.45) is -0.514. The highest BCUT2D eigenvalue weighted by atomic mass is 16.5. The highest BCUT2D eigenvalue weighted by Gasteiger charge is 2.25.